The van der Waals surface area contributed by atoms with Crippen molar-refractivity contribution in [2.45, 2.75) is 18.3 Å². The summed E-state index contributed by atoms with van der Waals surface area (Å²) < 4.78 is 0. The molecule has 2 atom stereocenters. The lowest BCUT2D eigenvalue weighted by molar-refractivity contribution is 1.06. The molecule has 0 aliphatic rings. The summed E-state index contributed by atoms with van der Waals surface area (Å²) in [5.74, 6) is 0. The van der Waals surface area contributed by atoms with Crippen molar-refractivity contribution >= 4 is 20.3 Å². The van der Waals surface area contributed by atoms with Gasteiger partial charge in [-0.25, -0.2) is 0 Å². The summed E-state index contributed by atoms with van der Waals surface area (Å²) >= 11 is 1.85. The van der Waals surface area contributed by atoms with E-state index in [-0.39, 0.29) is 0 Å². The zero-order chi connectivity index (χ0) is 6.41. The van der Waals surface area contributed by atoms with Crippen LogP contribution in [-0.4, -0.2) is 11.7 Å². The molecule has 0 aromatic heterocycles. The fourth-order valence-electron chi connectivity index (χ4n) is 0.485. The van der Waals surface area contributed by atoms with Gasteiger partial charge in [0.25, 0.3) is 0 Å². The van der Waals surface area contributed by atoms with Gasteiger partial charge in [-0.3, -0.25) is 0 Å². The van der Waals surface area contributed by atoms with Crippen LogP contribution in [0.2, 0.25) is 0 Å². The topological polar surface area (TPSA) is 0 Å². The fraction of sp³-hybridized carbons (Fsp3) is 0.667. The predicted molar refractivity (Wildman–Crippen MR) is 46.1 cm³/mol. The Morgan fingerprint density at radius 1 is 1.88 bits per heavy atom. The van der Waals surface area contributed by atoms with Crippen LogP contribution in [0.4, 0.5) is 0 Å². The van der Waals surface area contributed by atoms with E-state index in [4.69, 9.17) is 0 Å². The minimum atomic E-state index is 0.826. The first-order valence-electron chi connectivity index (χ1n) is 2.78. The second-order valence-corrected chi connectivity index (χ2v) is 4.36. The maximum Gasteiger partial charge on any atom is 0.0255 e. The van der Waals surface area contributed by atoms with Crippen LogP contribution in [0.3, 0.4) is 0 Å². The monoisotopic (exact) mass is 148 g/mol. The molecule has 0 fully saturated rings. The van der Waals surface area contributed by atoms with Crippen molar-refractivity contribution in [1.29, 1.82) is 0 Å². The Bertz CT molecular complexity index is 59.5. The Balaban J connectivity index is 3.20. The van der Waals surface area contributed by atoms with E-state index in [1.54, 1.807) is 0 Å². The van der Waals surface area contributed by atoms with Gasteiger partial charge in [0.2, 0.25) is 0 Å². The van der Waals surface area contributed by atoms with Crippen LogP contribution in [0.25, 0.3) is 0 Å². The fourth-order valence-corrected chi connectivity index (χ4v) is 2.15. The van der Waals surface area contributed by atoms with Crippen LogP contribution in [0.15, 0.2) is 12.0 Å². The molecule has 0 heterocycles. The minimum Gasteiger partial charge on any atom is -0.127 e. The van der Waals surface area contributed by atoms with Gasteiger partial charge in [0.1, 0.15) is 0 Å². The molecule has 0 rings (SSSR count). The predicted octanol–water partition coefficient (Wildman–Crippen LogP) is 2.91. The molecule has 0 N–H and O–H groups in total. The molecule has 0 aromatic rings. The second kappa shape index (κ2) is 5.65. The lowest BCUT2D eigenvalue weighted by atomic mass is 10.6. The van der Waals surface area contributed by atoms with Gasteiger partial charge in [-0.05, 0) is 18.5 Å². The smallest absolute Gasteiger partial charge is 0.0255 e. The van der Waals surface area contributed by atoms with E-state index in [0.29, 0.717) is 0 Å². The zero-order valence-electron chi connectivity index (χ0n) is 5.48. The van der Waals surface area contributed by atoms with E-state index in [0.717, 1.165) is 13.6 Å². The standard InChI is InChI=1S/C6H13PS/c1-4-6(7-3)8-5-2/h5-7H,2,4H2,1,3H3. The largest absolute Gasteiger partial charge is 0.127 e. The van der Waals surface area contributed by atoms with Crippen LogP contribution in [0, 0.1) is 0 Å². The number of hydrogen-bond donors (Lipinski definition) is 0. The molecule has 0 amide bonds. The van der Waals surface area contributed by atoms with Gasteiger partial charge in [-0.2, -0.15) is 0 Å². The molecule has 48 valence electrons. The third-order valence-electron chi connectivity index (χ3n) is 0.953. The van der Waals surface area contributed by atoms with Gasteiger partial charge in [0.15, 0.2) is 0 Å². The van der Waals surface area contributed by atoms with E-state index in [1.807, 2.05) is 17.2 Å². The summed E-state index contributed by atoms with van der Waals surface area (Å²) in [6, 6.07) is 0. The highest BCUT2D eigenvalue weighted by atomic mass is 32.2. The van der Waals surface area contributed by atoms with Crippen molar-refractivity contribution in [3.05, 3.63) is 12.0 Å². The van der Waals surface area contributed by atoms with Crippen molar-refractivity contribution in [2.75, 3.05) is 6.66 Å². The van der Waals surface area contributed by atoms with Crippen LogP contribution in [0.1, 0.15) is 13.3 Å². The average molecular weight is 148 g/mol. The molecule has 0 aliphatic heterocycles. The Hall–Kier alpha value is 0.520. The van der Waals surface area contributed by atoms with Gasteiger partial charge in [-0.1, -0.05) is 13.5 Å². The molecular formula is C6H13PS. The molecule has 0 nitrogen and oxygen atoms in total. The van der Waals surface area contributed by atoms with E-state index in [2.05, 4.69) is 20.2 Å². The molecule has 0 aliphatic carbocycles. The lowest BCUT2D eigenvalue weighted by Gasteiger charge is -2.06. The van der Waals surface area contributed by atoms with Crippen molar-refractivity contribution in [3.8, 4) is 0 Å². The summed E-state index contributed by atoms with van der Waals surface area (Å²) in [5, 5.41) is 1.94. The molecule has 0 aromatic carbocycles. The van der Waals surface area contributed by atoms with E-state index >= 15 is 0 Å². The lowest BCUT2D eigenvalue weighted by Crippen LogP contribution is -1.86. The third kappa shape index (κ3) is 3.51. The zero-order valence-corrected chi connectivity index (χ0v) is 7.29. The highest BCUT2D eigenvalue weighted by Gasteiger charge is 1.97. The van der Waals surface area contributed by atoms with Gasteiger partial charge < -0.3 is 0 Å². The first kappa shape index (κ1) is 8.52. The van der Waals surface area contributed by atoms with Gasteiger partial charge >= 0.3 is 0 Å². The summed E-state index contributed by atoms with van der Waals surface area (Å²) in [7, 11) is 1.05. The maximum absolute atomic E-state index is 3.66. The SMILES string of the molecule is C=CSC(CC)PC. The Morgan fingerprint density at radius 2 is 2.50 bits per heavy atom. The van der Waals surface area contributed by atoms with Gasteiger partial charge in [0, 0.05) is 4.99 Å². The van der Waals surface area contributed by atoms with Crippen LogP contribution < -0.4 is 0 Å². The van der Waals surface area contributed by atoms with Gasteiger partial charge in [0.05, 0.1) is 0 Å². The summed E-state index contributed by atoms with van der Waals surface area (Å²) in [6.07, 6.45) is 1.27. The van der Waals surface area contributed by atoms with Crippen molar-refractivity contribution in [3.63, 3.8) is 0 Å². The summed E-state index contributed by atoms with van der Waals surface area (Å²) in [5.41, 5.74) is 0. The minimum absolute atomic E-state index is 0.826. The quantitative estimate of drug-likeness (QED) is 0.552. The first-order chi connectivity index (χ1) is 3.85. The first-order valence-corrected chi connectivity index (χ1v) is 5.30. The Morgan fingerprint density at radius 3 is 2.62 bits per heavy atom. The molecule has 0 radical (unpaired) electrons. The Kier molecular flexibility index (Phi) is 6.02. The Labute approximate surface area is 57.9 Å². The molecular weight excluding hydrogens is 135 g/mol. The van der Waals surface area contributed by atoms with E-state index < -0.39 is 0 Å². The van der Waals surface area contributed by atoms with E-state index in [9.17, 15) is 0 Å². The summed E-state index contributed by atoms with van der Waals surface area (Å²) in [6.45, 7) is 8.12. The molecule has 0 saturated heterocycles. The number of hydrogen-bond acceptors (Lipinski definition) is 1. The maximum atomic E-state index is 3.66. The number of rotatable bonds is 4. The van der Waals surface area contributed by atoms with E-state index in [1.165, 1.54) is 6.42 Å². The van der Waals surface area contributed by atoms with Crippen molar-refractivity contribution < 1.29 is 0 Å². The average Bonchev–Trinajstić information content (AvgIpc) is 1.83. The molecule has 0 bridgehead atoms. The van der Waals surface area contributed by atoms with Crippen molar-refractivity contribution in [2.24, 2.45) is 0 Å². The second-order valence-electron chi connectivity index (χ2n) is 1.49. The summed E-state index contributed by atoms with van der Waals surface area (Å²) in [4.78, 5) is 0.826. The van der Waals surface area contributed by atoms with Crippen LogP contribution in [-0.2, 0) is 0 Å². The third-order valence-corrected chi connectivity index (χ3v) is 3.98. The van der Waals surface area contributed by atoms with Gasteiger partial charge in [-0.15, -0.1) is 20.3 Å². The van der Waals surface area contributed by atoms with Crippen molar-refractivity contribution in [1.82, 2.24) is 0 Å². The van der Waals surface area contributed by atoms with Crippen LogP contribution in [0.5, 0.6) is 0 Å². The normalized spacial score (nSPS) is 14.8. The molecule has 0 spiro atoms. The molecule has 0 saturated carbocycles. The molecule has 2 heteroatoms. The highest BCUT2D eigenvalue weighted by molar-refractivity contribution is 8.06. The molecule has 8 heavy (non-hydrogen) atoms. The number of thioether (sulfide) groups is 1. The molecule has 2 unspecified atom stereocenters. The van der Waals surface area contributed by atoms with Crippen LogP contribution >= 0.6 is 20.3 Å². The highest BCUT2D eigenvalue weighted by Crippen LogP contribution is 2.28.